The van der Waals surface area contributed by atoms with E-state index in [1.54, 1.807) is 12.4 Å². The SMILES string of the molecule is CCC(N)C(c1ccncc1)N1CCCO1. The van der Waals surface area contributed by atoms with Gasteiger partial charge in [0, 0.05) is 25.0 Å². The molecule has 1 aromatic rings. The number of rotatable bonds is 4. The van der Waals surface area contributed by atoms with E-state index in [0.717, 1.165) is 26.0 Å². The van der Waals surface area contributed by atoms with Crippen molar-refractivity contribution in [3.05, 3.63) is 30.1 Å². The van der Waals surface area contributed by atoms with Crippen molar-refractivity contribution >= 4 is 0 Å². The number of hydrogen-bond acceptors (Lipinski definition) is 4. The summed E-state index contributed by atoms with van der Waals surface area (Å²) in [5.41, 5.74) is 7.37. The summed E-state index contributed by atoms with van der Waals surface area (Å²) in [6.07, 6.45) is 5.63. The van der Waals surface area contributed by atoms with Gasteiger partial charge in [0.1, 0.15) is 0 Å². The van der Waals surface area contributed by atoms with E-state index in [-0.39, 0.29) is 12.1 Å². The van der Waals surface area contributed by atoms with Gasteiger partial charge in [-0.25, -0.2) is 0 Å². The molecule has 0 spiro atoms. The molecule has 0 bridgehead atoms. The highest BCUT2D eigenvalue weighted by Gasteiger charge is 2.28. The lowest BCUT2D eigenvalue weighted by molar-refractivity contribution is -0.148. The summed E-state index contributed by atoms with van der Waals surface area (Å²) in [6.45, 7) is 3.87. The standard InChI is InChI=1S/C12H19N3O/c1-2-11(13)12(15-8-3-9-16-15)10-4-6-14-7-5-10/h4-7,11-12H,2-3,8-9,13H2,1H3. The van der Waals surface area contributed by atoms with Gasteiger partial charge < -0.3 is 5.73 Å². The maximum absolute atomic E-state index is 6.19. The number of aromatic nitrogens is 1. The first-order chi connectivity index (χ1) is 7.83. The maximum atomic E-state index is 6.19. The van der Waals surface area contributed by atoms with E-state index >= 15 is 0 Å². The lowest BCUT2D eigenvalue weighted by Gasteiger charge is -2.30. The number of hydrogen-bond donors (Lipinski definition) is 1. The van der Waals surface area contributed by atoms with Crippen LogP contribution in [0.5, 0.6) is 0 Å². The zero-order valence-electron chi connectivity index (χ0n) is 9.67. The highest BCUT2D eigenvalue weighted by atomic mass is 16.7. The van der Waals surface area contributed by atoms with Crippen molar-refractivity contribution < 1.29 is 4.84 Å². The molecule has 4 heteroatoms. The predicted molar refractivity (Wildman–Crippen MR) is 62.5 cm³/mol. The summed E-state index contributed by atoms with van der Waals surface area (Å²) in [5, 5.41) is 2.02. The fourth-order valence-electron chi connectivity index (χ4n) is 2.10. The molecule has 1 aromatic heterocycles. The molecule has 1 fully saturated rings. The second-order valence-electron chi connectivity index (χ2n) is 4.12. The number of hydroxylamine groups is 2. The second-order valence-corrected chi connectivity index (χ2v) is 4.12. The topological polar surface area (TPSA) is 51.4 Å². The molecule has 0 amide bonds. The molecular formula is C12H19N3O. The van der Waals surface area contributed by atoms with Gasteiger partial charge in [0.25, 0.3) is 0 Å². The van der Waals surface area contributed by atoms with Crippen LogP contribution in [0.3, 0.4) is 0 Å². The van der Waals surface area contributed by atoms with E-state index < -0.39 is 0 Å². The van der Waals surface area contributed by atoms with Gasteiger partial charge in [-0.05, 0) is 30.5 Å². The normalized spacial score (nSPS) is 20.9. The van der Waals surface area contributed by atoms with E-state index in [2.05, 4.69) is 11.9 Å². The van der Waals surface area contributed by atoms with Crippen LogP contribution in [0, 0.1) is 0 Å². The van der Waals surface area contributed by atoms with Gasteiger partial charge in [0.2, 0.25) is 0 Å². The van der Waals surface area contributed by atoms with Gasteiger partial charge in [-0.1, -0.05) is 6.92 Å². The molecule has 2 unspecified atom stereocenters. The van der Waals surface area contributed by atoms with E-state index in [1.165, 1.54) is 5.56 Å². The van der Waals surface area contributed by atoms with Crippen molar-refractivity contribution in [1.82, 2.24) is 10.0 Å². The van der Waals surface area contributed by atoms with Crippen molar-refractivity contribution in [2.45, 2.75) is 31.8 Å². The maximum Gasteiger partial charge on any atom is 0.0754 e. The van der Waals surface area contributed by atoms with Crippen LogP contribution in [0.25, 0.3) is 0 Å². The van der Waals surface area contributed by atoms with Gasteiger partial charge in [0.15, 0.2) is 0 Å². The third-order valence-electron chi connectivity index (χ3n) is 3.01. The van der Waals surface area contributed by atoms with Crippen LogP contribution in [0.2, 0.25) is 0 Å². The molecule has 4 nitrogen and oxygen atoms in total. The zero-order valence-corrected chi connectivity index (χ0v) is 9.67. The van der Waals surface area contributed by atoms with Gasteiger partial charge >= 0.3 is 0 Å². The predicted octanol–water partition coefficient (Wildman–Crippen LogP) is 1.50. The molecule has 16 heavy (non-hydrogen) atoms. The first-order valence-corrected chi connectivity index (χ1v) is 5.88. The Bertz CT molecular complexity index is 311. The minimum atomic E-state index is 0.0977. The Balaban J connectivity index is 2.20. The second kappa shape index (κ2) is 5.39. The van der Waals surface area contributed by atoms with E-state index in [1.807, 2.05) is 17.2 Å². The van der Waals surface area contributed by atoms with Crippen LogP contribution in [0.4, 0.5) is 0 Å². The van der Waals surface area contributed by atoms with Crippen molar-refractivity contribution in [1.29, 1.82) is 0 Å². The fraction of sp³-hybridized carbons (Fsp3) is 0.583. The van der Waals surface area contributed by atoms with Crippen LogP contribution in [-0.4, -0.2) is 29.2 Å². The molecule has 1 saturated heterocycles. The Hall–Kier alpha value is -0.970. The minimum Gasteiger partial charge on any atom is -0.326 e. The van der Waals surface area contributed by atoms with Crippen molar-refractivity contribution in [2.75, 3.05) is 13.2 Å². The van der Waals surface area contributed by atoms with Crippen molar-refractivity contribution in [3.63, 3.8) is 0 Å². The molecule has 0 aromatic carbocycles. The van der Waals surface area contributed by atoms with Crippen LogP contribution in [-0.2, 0) is 4.84 Å². The first-order valence-electron chi connectivity index (χ1n) is 5.88. The summed E-state index contributed by atoms with van der Waals surface area (Å²) in [6, 6.07) is 4.28. The van der Waals surface area contributed by atoms with E-state index in [0.29, 0.717) is 0 Å². The highest BCUT2D eigenvalue weighted by Crippen LogP contribution is 2.27. The summed E-state index contributed by atoms with van der Waals surface area (Å²) >= 11 is 0. The Morgan fingerprint density at radius 1 is 1.50 bits per heavy atom. The third kappa shape index (κ3) is 2.40. The van der Waals surface area contributed by atoms with Crippen LogP contribution < -0.4 is 5.73 Å². The smallest absolute Gasteiger partial charge is 0.0754 e. The lowest BCUT2D eigenvalue weighted by atomic mass is 9.99. The van der Waals surface area contributed by atoms with Gasteiger partial charge in [-0.15, -0.1) is 0 Å². The monoisotopic (exact) mass is 221 g/mol. The summed E-state index contributed by atoms with van der Waals surface area (Å²) in [7, 11) is 0. The number of nitrogens with zero attached hydrogens (tertiary/aromatic N) is 2. The average Bonchev–Trinajstić information content (AvgIpc) is 2.84. The van der Waals surface area contributed by atoms with E-state index in [4.69, 9.17) is 10.6 Å². The Morgan fingerprint density at radius 3 is 2.81 bits per heavy atom. The molecule has 88 valence electrons. The quantitative estimate of drug-likeness (QED) is 0.837. The van der Waals surface area contributed by atoms with E-state index in [9.17, 15) is 0 Å². The molecule has 1 aliphatic rings. The average molecular weight is 221 g/mol. The Morgan fingerprint density at radius 2 is 2.25 bits per heavy atom. The summed E-state index contributed by atoms with van der Waals surface area (Å²) < 4.78 is 0. The van der Waals surface area contributed by atoms with Crippen molar-refractivity contribution in [2.24, 2.45) is 5.73 Å². The van der Waals surface area contributed by atoms with Gasteiger partial charge in [-0.2, -0.15) is 5.06 Å². The van der Waals surface area contributed by atoms with Crippen LogP contribution in [0.15, 0.2) is 24.5 Å². The molecule has 2 heterocycles. The van der Waals surface area contributed by atoms with Gasteiger partial charge in [0.05, 0.1) is 12.6 Å². The molecular weight excluding hydrogens is 202 g/mol. The molecule has 2 N–H and O–H groups in total. The zero-order chi connectivity index (χ0) is 11.4. The largest absolute Gasteiger partial charge is 0.326 e. The first kappa shape index (κ1) is 11.5. The molecule has 0 radical (unpaired) electrons. The molecule has 0 aliphatic carbocycles. The van der Waals surface area contributed by atoms with Crippen LogP contribution in [0.1, 0.15) is 31.4 Å². The Labute approximate surface area is 96.4 Å². The van der Waals surface area contributed by atoms with Crippen molar-refractivity contribution in [3.8, 4) is 0 Å². The highest BCUT2D eigenvalue weighted by molar-refractivity contribution is 5.17. The Kier molecular flexibility index (Phi) is 3.88. The van der Waals surface area contributed by atoms with Gasteiger partial charge in [-0.3, -0.25) is 9.82 Å². The summed E-state index contributed by atoms with van der Waals surface area (Å²) in [4.78, 5) is 9.66. The third-order valence-corrected chi connectivity index (χ3v) is 3.01. The minimum absolute atomic E-state index is 0.0977. The summed E-state index contributed by atoms with van der Waals surface area (Å²) in [5.74, 6) is 0. The molecule has 0 saturated carbocycles. The lowest BCUT2D eigenvalue weighted by Crippen LogP contribution is -2.38. The number of pyridine rings is 1. The number of nitrogens with two attached hydrogens (primary N) is 1. The molecule has 2 rings (SSSR count). The molecule has 2 atom stereocenters. The van der Waals surface area contributed by atoms with Crippen LogP contribution >= 0.6 is 0 Å². The fourth-order valence-corrected chi connectivity index (χ4v) is 2.10. The molecule has 1 aliphatic heterocycles.